The molecule has 2 aliphatic rings. The van der Waals surface area contributed by atoms with Gasteiger partial charge in [-0.25, -0.2) is 0 Å². The van der Waals surface area contributed by atoms with Gasteiger partial charge in [-0.05, 0) is 37.0 Å². The first-order valence-electron chi connectivity index (χ1n) is 9.11. The van der Waals surface area contributed by atoms with Crippen LogP contribution in [0.5, 0.6) is 0 Å². The number of ether oxygens (including phenoxy) is 1. The van der Waals surface area contributed by atoms with Gasteiger partial charge in [0.15, 0.2) is 0 Å². The minimum absolute atomic E-state index is 0.0148. The second-order valence-corrected chi connectivity index (χ2v) is 7.07. The van der Waals surface area contributed by atoms with Crippen LogP contribution in [0.2, 0.25) is 0 Å². The summed E-state index contributed by atoms with van der Waals surface area (Å²) in [6.45, 7) is 2.81. The molecule has 1 fully saturated rings. The average Bonchev–Trinajstić information content (AvgIpc) is 3.28. The molecule has 3 heterocycles. The highest BCUT2D eigenvalue weighted by atomic mass is 16.5. The molecular weight excluding hydrogens is 316 g/mol. The van der Waals surface area contributed by atoms with Crippen molar-refractivity contribution in [1.29, 1.82) is 0 Å². The molecule has 4 rings (SSSR count). The van der Waals surface area contributed by atoms with Gasteiger partial charge in [0.2, 0.25) is 0 Å². The number of carbonyl (C=O) groups is 1. The Morgan fingerprint density at radius 3 is 2.88 bits per heavy atom. The van der Waals surface area contributed by atoms with E-state index in [0.29, 0.717) is 24.6 Å². The van der Waals surface area contributed by atoms with E-state index in [2.05, 4.69) is 27.0 Å². The molecule has 0 aromatic carbocycles. The molecule has 2 aromatic heterocycles. The molecule has 25 heavy (non-hydrogen) atoms. The molecule has 0 radical (unpaired) electrons. The Hall–Kier alpha value is -2.21. The zero-order chi connectivity index (χ0) is 17.1. The zero-order valence-electron chi connectivity index (χ0n) is 14.4. The van der Waals surface area contributed by atoms with Crippen molar-refractivity contribution >= 4 is 5.91 Å². The van der Waals surface area contributed by atoms with E-state index in [1.807, 2.05) is 11.0 Å². The normalized spacial score (nSPS) is 21.1. The van der Waals surface area contributed by atoms with E-state index in [-0.39, 0.29) is 12.0 Å². The molecule has 132 valence electrons. The first-order chi connectivity index (χ1) is 12.3. The Kier molecular flexibility index (Phi) is 4.78. The lowest BCUT2D eigenvalue weighted by Crippen LogP contribution is -2.38. The van der Waals surface area contributed by atoms with Gasteiger partial charge in [-0.1, -0.05) is 12.8 Å². The van der Waals surface area contributed by atoms with Crippen LogP contribution in [0.15, 0.2) is 36.8 Å². The number of carbonyl (C=O) groups excluding carboxylic acids is 1. The van der Waals surface area contributed by atoms with Crippen molar-refractivity contribution in [2.24, 2.45) is 5.92 Å². The Labute approximate surface area is 147 Å². The van der Waals surface area contributed by atoms with Crippen molar-refractivity contribution in [3.05, 3.63) is 48.0 Å². The van der Waals surface area contributed by atoms with E-state index in [1.165, 1.54) is 31.9 Å². The van der Waals surface area contributed by atoms with Crippen molar-refractivity contribution in [3.63, 3.8) is 0 Å². The first kappa shape index (κ1) is 16.3. The number of rotatable bonds is 4. The fraction of sp³-hybridized carbons (Fsp3) is 0.526. The zero-order valence-corrected chi connectivity index (χ0v) is 14.4. The van der Waals surface area contributed by atoms with Crippen molar-refractivity contribution in [2.75, 3.05) is 13.2 Å². The van der Waals surface area contributed by atoms with Crippen molar-refractivity contribution in [2.45, 2.75) is 44.9 Å². The summed E-state index contributed by atoms with van der Waals surface area (Å²) in [6.07, 6.45) is 10.4. The molecule has 1 aliphatic carbocycles. The molecule has 1 unspecified atom stereocenters. The standard InChI is InChI=1S/C19H24N4O2/c24-19(16-7-8-20-21-10-16)23-11-17-6-3-9-22(17)12-18(13-23)25-14-15-4-1-2-5-15/h3,6-10,15,18H,1-2,4-5,11-14H2. The molecule has 1 saturated carbocycles. The van der Waals surface area contributed by atoms with Crippen molar-refractivity contribution in [3.8, 4) is 0 Å². The fourth-order valence-corrected chi connectivity index (χ4v) is 3.86. The van der Waals surface area contributed by atoms with Crippen LogP contribution in [0, 0.1) is 5.92 Å². The van der Waals surface area contributed by atoms with Gasteiger partial charge in [-0.15, -0.1) is 0 Å². The van der Waals surface area contributed by atoms with Crippen LogP contribution in [0.4, 0.5) is 0 Å². The third kappa shape index (κ3) is 3.74. The fourth-order valence-electron chi connectivity index (χ4n) is 3.86. The second kappa shape index (κ2) is 7.35. The highest BCUT2D eigenvalue weighted by Crippen LogP contribution is 2.26. The molecule has 6 nitrogen and oxygen atoms in total. The van der Waals surface area contributed by atoms with Crippen LogP contribution < -0.4 is 0 Å². The summed E-state index contributed by atoms with van der Waals surface area (Å²) < 4.78 is 8.45. The molecule has 0 N–H and O–H groups in total. The molecule has 0 saturated heterocycles. The number of hydrogen-bond donors (Lipinski definition) is 0. The van der Waals surface area contributed by atoms with Crippen LogP contribution in [-0.4, -0.2) is 44.8 Å². The predicted octanol–water partition coefficient (Wildman–Crippen LogP) is 2.51. The summed E-state index contributed by atoms with van der Waals surface area (Å²) in [5.41, 5.74) is 1.71. The second-order valence-electron chi connectivity index (χ2n) is 7.07. The topological polar surface area (TPSA) is 60.2 Å². The highest BCUT2D eigenvalue weighted by molar-refractivity contribution is 5.93. The van der Waals surface area contributed by atoms with Gasteiger partial charge in [0.05, 0.1) is 37.2 Å². The first-order valence-corrected chi connectivity index (χ1v) is 9.11. The Morgan fingerprint density at radius 2 is 2.08 bits per heavy atom. The van der Waals surface area contributed by atoms with Crippen LogP contribution >= 0.6 is 0 Å². The van der Waals surface area contributed by atoms with Gasteiger partial charge in [-0.3, -0.25) is 4.79 Å². The van der Waals surface area contributed by atoms with E-state index in [4.69, 9.17) is 4.74 Å². The SMILES string of the molecule is O=C(c1ccnnc1)N1Cc2cccn2CC(OCC2CCCC2)C1. The Morgan fingerprint density at radius 1 is 1.20 bits per heavy atom. The lowest BCUT2D eigenvalue weighted by atomic mass is 10.1. The molecule has 1 atom stereocenters. The largest absolute Gasteiger partial charge is 0.374 e. The molecule has 1 amide bonds. The van der Waals surface area contributed by atoms with Gasteiger partial charge in [0.1, 0.15) is 0 Å². The maximum absolute atomic E-state index is 12.9. The quantitative estimate of drug-likeness (QED) is 0.858. The van der Waals surface area contributed by atoms with E-state index in [0.717, 1.165) is 18.8 Å². The van der Waals surface area contributed by atoms with E-state index < -0.39 is 0 Å². The van der Waals surface area contributed by atoms with Crippen LogP contribution in [-0.2, 0) is 17.8 Å². The third-order valence-electron chi connectivity index (χ3n) is 5.26. The lowest BCUT2D eigenvalue weighted by Gasteiger charge is -2.25. The Balaban J connectivity index is 1.49. The molecule has 0 spiro atoms. The molecule has 6 heteroatoms. The van der Waals surface area contributed by atoms with Gasteiger partial charge < -0.3 is 14.2 Å². The number of aromatic nitrogens is 3. The van der Waals surface area contributed by atoms with Crippen LogP contribution in [0.1, 0.15) is 41.7 Å². The van der Waals surface area contributed by atoms with Gasteiger partial charge in [0, 0.05) is 25.0 Å². The average molecular weight is 340 g/mol. The van der Waals surface area contributed by atoms with E-state index >= 15 is 0 Å². The minimum atomic E-state index is -0.0148. The van der Waals surface area contributed by atoms with E-state index in [9.17, 15) is 4.79 Å². The summed E-state index contributed by atoms with van der Waals surface area (Å²) in [5.74, 6) is 0.667. The highest BCUT2D eigenvalue weighted by Gasteiger charge is 2.27. The smallest absolute Gasteiger partial charge is 0.255 e. The number of amides is 1. The molecule has 0 bridgehead atoms. The maximum Gasteiger partial charge on any atom is 0.255 e. The minimum Gasteiger partial charge on any atom is -0.374 e. The molecular formula is C19H24N4O2. The summed E-state index contributed by atoms with van der Waals surface area (Å²) in [4.78, 5) is 14.8. The van der Waals surface area contributed by atoms with Gasteiger partial charge in [-0.2, -0.15) is 10.2 Å². The van der Waals surface area contributed by atoms with Gasteiger partial charge in [0.25, 0.3) is 5.91 Å². The Bertz CT molecular complexity index is 709. The van der Waals surface area contributed by atoms with Crippen LogP contribution in [0.25, 0.3) is 0 Å². The molecule has 1 aliphatic heterocycles. The summed E-state index contributed by atoms with van der Waals surface area (Å²) in [6, 6.07) is 5.82. The summed E-state index contributed by atoms with van der Waals surface area (Å²) in [5, 5.41) is 7.59. The van der Waals surface area contributed by atoms with Gasteiger partial charge >= 0.3 is 0 Å². The lowest BCUT2D eigenvalue weighted by molar-refractivity contribution is 0.00419. The number of fused-ring (bicyclic) bond motifs is 1. The number of nitrogens with zero attached hydrogens (tertiary/aromatic N) is 4. The summed E-state index contributed by atoms with van der Waals surface area (Å²) in [7, 11) is 0. The van der Waals surface area contributed by atoms with E-state index in [1.54, 1.807) is 12.3 Å². The maximum atomic E-state index is 12.9. The van der Waals surface area contributed by atoms with Crippen LogP contribution in [0.3, 0.4) is 0 Å². The third-order valence-corrected chi connectivity index (χ3v) is 5.26. The monoisotopic (exact) mass is 340 g/mol. The summed E-state index contributed by atoms with van der Waals surface area (Å²) >= 11 is 0. The number of hydrogen-bond acceptors (Lipinski definition) is 4. The van der Waals surface area contributed by atoms with Crippen molar-refractivity contribution in [1.82, 2.24) is 19.7 Å². The molecule has 2 aromatic rings. The van der Waals surface area contributed by atoms with Crippen molar-refractivity contribution < 1.29 is 9.53 Å². The predicted molar refractivity (Wildman–Crippen MR) is 92.9 cm³/mol.